The highest BCUT2D eigenvalue weighted by Crippen LogP contribution is 2.24. The van der Waals surface area contributed by atoms with Gasteiger partial charge in [-0.05, 0) is 44.2 Å². The number of hydrogen-bond donors (Lipinski definition) is 1. The molecular weight excluding hydrogens is 248 g/mol. The first-order chi connectivity index (χ1) is 8.47. The van der Waals surface area contributed by atoms with Crippen LogP contribution in [0, 0.1) is 13.8 Å². The van der Waals surface area contributed by atoms with Crippen LogP contribution in [-0.2, 0) is 0 Å². The molecule has 0 saturated carbocycles. The third kappa shape index (κ3) is 2.54. The molecule has 2 nitrogen and oxygen atoms in total. The van der Waals surface area contributed by atoms with Gasteiger partial charge in [0.1, 0.15) is 5.75 Å². The first kappa shape index (κ1) is 12.7. The number of carbonyl (C=O) groups is 1. The van der Waals surface area contributed by atoms with Crippen molar-refractivity contribution in [1.29, 1.82) is 0 Å². The third-order valence-electron chi connectivity index (χ3n) is 2.69. The van der Waals surface area contributed by atoms with E-state index in [1.54, 1.807) is 18.2 Å². The third-order valence-corrected chi connectivity index (χ3v) is 2.92. The minimum Gasteiger partial charge on any atom is -0.507 e. The van der Waals surface area contributed by atoms with Gasteiger partial charge in [0, 0.05) is 10.6 Å². The minimum absolute atomic E-state index is 0.0523. The molecule has 0 amide bonds. The van der Waals surface area contributed by atoms with Crippen LogP contribution in [0.5, 0.6) is 5.75 Å². The van der Waals surface area contributed by atoms with Gasteiger partial charge in [-0.3, -0.25) is 4.79 Å². The molecule has 0 saturated heterocycles. The molecule has 0 fully saturated rings. The summed E-state index contributed by atoms with van der Waals surface area (Å²) in [6, 6.07) is 10.1. The lowest BCUT2D eigenvalue weighted by Crippen LogP contribution is -2.02. The largest absolute Gasteiger partial charge is 0.507 e. The number of phenols is 1. The van der Waals surface area contributed by atoms with Crippen molar-refractivity contribution in [2.45, 2.75) is 13.8 Å². The molecule has 2 aromatic rings. The predicted octanol–water partition coefficient (Wildman–Crippen LogP) is 3.89. The maximum atomic E-state index is 12.3. The number of hydrogen-bond acceptors (Lipinski definition) is 2. The van der Waals surface area contributed by atoms with Crippen LogP contribution >= 0.6 is 11.6 Å². The summed E-state index contributed by atoms with van der Waals surface area (Å²) >= 11 is 5.85. The molecule has 0 atom stereocenters. The molecule has 0 bridgehead atoms. The predicted molar refractivity (Wildman–Crippen MR) is 72.5 cm³/mol. The van der Waals surface area contributed by atoms with Gasteiger partial charge in [0.15, 0.2) is 5.78 Å². The zero-order chi connectivity index (χ0) is 13.3. The van der Waals surface area contributed by atoms with Crippen LogP contribution in [0.4, 0.5) is 0 Å². The van der Waals surface area contributed by atoms with Crippen LogP contribution in [0.2, 0.25) is 5.02 Å². The fraction of sp³-hybridized carbons (Fsp3) is 0.133. The smallest absolute Gasteiger partial charge is 0.196 e. The number of rotatable bonds is 2. The number of ketones is 1. The second kappa shape index (κ2) is 4.83. The van der Waals surface area contributed by atoms with Crippen LogP contribution in [0.15, 0.2) is 36.4 Å². The normalized spacial score (nSPS) is 10.4. The SMILES string of the molecule is Cc1cc(C)cc(C(=O)c2cc(Cl)ccc2O)c1. The highest BCUT2D eigenvalue weighted by Gasteiger charge is 2.14. The van der Waals surface area contributed by atoms with Crippen molar-refractivity contribution in [2.24, 2.45) is 0 Å². The topological polar surface area (TPSA) is 37.3 Å². The Hall–Kier alpha value is -1.80. The first-order valence-corrected chi connectivity index (χ1v) is 5.96. The lowest BCUT2D eigenvalue weighted by atomic mass is 9.99. The first-order valence-electron chi connectivity index (χ1n) is 5.59. The van der Waals surface area contributed by atoms with Gasteiger partial charge in [-0.2, -0.15) is 0 Å². The Labute approximate surface area is 111 Å². The van der Waals surface area contributed by atoms with Crippen molar-refractivity contribution >= 4 is 17.4 Å². The Morgan fingerprint density at radius 1 is 1.06 bits per heavy atom. The lowest BCUT2D eigenvalue weighted by molar-refractivity contribution is 0.103. The number of aromatic hydroxyl groups is 1. The van der Waals surface area contributed by atoms with Gasteiger partial charge in [-0.1, -0.05) is 28.8 Å². The molecule has 0 spiro atoms. The van der Waals surface area contributed by atoms with Gasteiger partial charge < -0.3 is 5.11 Å². The van der Waals surface area contributed by atoms with E-state index in [-0.39, 0.29) is 17.1 Å². The average molecular weight is 261 g/mol. The van der Waals surface area contributed by atoms with Crippen LogP contribution in [-0.4, -0.2) is 10.9 Å². The van der Waals surface area contributed by atoms with Gasteiger partial charge in [-0.15, -0.1) is 0 Å². The Bertz CT molecular complexity index is 598. The summed E-state index contributed by atoms with van der Waals surface area (Å²) in [5.41, 5.74) is 2.82. The van der Waals surface area contributed by atoms with E-state index in [0.717, 1.165) is 11.1 Å². The van der Waals surface area contributed by atoms with E-state index < -0.39 is 0 Å². The minimum atomic E-state index is -0.221. The summed E-state index contributed by atoms with van der Waals surface area (Å²) in [5, 5.41) is 10.2. The molecular formula is C15H13ClO2. The summed E-state index contributed by atoms with van der Waals surface area (Å²) in [7, 11) is 0. The molecule has 0 radical (unpaired) electrons. The molecule has 1 N–H and O–H groups in total. The number of carbonyl (C=O) groups excluding carboxylic acids is 1. The molecule has 18 heavy (non-hydrogen) atoms. The summed E-state index contributed by atoms with van der Waals surface area (Å²) < 4.78 is 0. The Kier molecular flexibility index (Phi) is 3.39. The van der Waals surface area contributed by atoms with E-state index >= 15 is 0 Å². The van der Waals surface area contributed by atoms with Crippen molar-refractivity contribution in [1.82, 2.24) is 0 Å². The van der Waals surface area contributed by atoms with Gasteiger partial charge in [0.2, 0.25) is 0 Å². The van der Waals surface area contributed by atoms with Crippen LogP contribution in [0.3, 0.4) is 0 Å². The van der Waals surface area contributed by atoms with E-state index in [4.69, 9.17) is 11.6 Å². The number of phenolic OH excluding ortho intramolecular Hbond substituents is 1. The lowest BCUT2D eigenvalue weighted by Gasteiger charge is -2.06. The molecule has 0 aromatic heterocycles. The Morgan fingerprint density at radius 3 is 2.28 bits per heavy atom. The quantitative estimate of drug-likeness (QED) is 0.832. The van der Waals surface area contributed by atoms with Gasteiger partial charge in [0.05, 0.1) is 5.56 Å². The molecule has 0 aliphatic heterocycles. The number of halogens is 1. The van der Waals surface area contributed by atoms with Crippen LogP contribution < -0.4 is 0 Å². The zero-order valence-corrected chi connectivity index (χ0v) is 11.0. The van der Waals surface area contributed by atoms with E-state index in [1.807, 2.05) is 19.9 Å². The van der Waals surface area contributed by atoms with Crippen LogP contribution in [0.25, 0.3) is 0 Å². The number of aryl methyl sites for hydroxylation is 2. The zero-order valence-electron chi connectivity index (χ0n) is 10.2. The summed E-state index contributed by atoms with van der Waals surface area (Å²) in [4.78, 5) is 12.3. The second-order valence-corrected chi connectivity index (χ2v) is 4.80. The molecule has 92 valence electrons. The number of benzene rings is 2. The van der Waals surface area contributed by atoms with Crippen molar-refractivity contribution in [3.63, 3.8) is 0 Å². The van der Waals surface area contributed by atoms with Crippen molar-refractivity contribution in [3.05, 3.63) is 63.7 Å². The van der Waals surface area contributed by atoms with Gasteiger partial charge in [0.25, 0.3) is 0 Å². The van der Waals surface area contributed by atoms with E-state index in [2.05, 4.69) is 0 Å². The van der Waals surface area contributed by atoms with Crippen molar-refractivity contribution in [2.75, 3.05) is 0 Å². The fourth-order valence-corrected chi connectivity index (χ4v) is 2.12. The van der Waals surface area contributed by atoms with Gasteiger partial charge >= 0.3 is 0 Å². The Balaban J connectivity index is 2.51. The summed E-state index contributed by atoms with van der Waals surface area (Å²) in [5.74, 6) is -0.273. The summed E-state index contributed by atoms with van der Waals surface area (Å²) in [6.07, 6.45) is 0. The van der Waals surface area contributed by atoms with Gasteiger partial charge in [-0.25, -0.2) is 0 Å². The molecule has 0 unspecified atom stereocenters. The van der Waals surface area contributed by atoms with E-state index in [0.29, 0.717) is 10.6 Å². The Morgan fingerprint density at radius 2 is 1.67 bits per heavy atom. The maximum absolute atomic E-state index is 12.3. The highest BCUT2D eigenvalue weighted by atomic mass is 35.5. The highest BCUT2D eigenvalue weighted by molar-refractivity contribution is 6.31. The van der Waals surface area contributed by atoms with E-state index in [1.165, 1.54) is 12.1 Å². The second-order valence-electron chi connectivity index (χ2n) is 4.37. The average Bonchev–Trinajstić information content (AvgIpc) is 2.30. The summed E-state index contributed by atoms with van der Waals surface area (Å²) in [6.45, 7) is 3.86. The molecule has 0 aliphatic carbocycles. The molecule has 0 heterocycles. The van der Waals surface area contributed by atoms with E-state index in [9.17, 15) is 9.90 Å². The van der Waals surface area contributed by atoms with Crippen molar-refractivity contribution in [3.8, 4) is 5.75 Å². The van der Waals surface area contributed by atoms with Crippen molar-refractivity contribution < 1.29 is 9.90 Å². The van der Waals surface area contributed by atoms with Crippen LogP contribution in [0.1, 0.15) is 27.0 Å². The maximum Gasteiger partial charge on any atom is 0.196 e. The standard InChI is InChI=1S/C15H13ClO2/c1-9-5-10(2)7-11(6-9)15(18)13-8-12(16)3-4-14(13)17/h3-8,17H,1-2H3. The molecule has 0 aliphatic rings. The monoisotopic (exact) mass is 260 g/mol. The molecule has 2 aromatic carbocycles. The fourth-order valence-electron chi connectivity index (χ4n) is 1.95. The molecule has 2 rings (SSSR count). The molecule has 3 heteroatoms.